The van der Waals surface area contributed by atoms with Crippen LogP contribution in [0.5, 0.6) is 11.6 Å². The normalized spacial score (nSPS) is 10.2. The van der Waals surface area contributed by atoms with Crippen molar-refractivity contribution in [2.24, 2.45) is 0 Å². The molecule has 1 amide bonds. The van der Waals surface area contributed by atoms with E-state index < -0.39 is 0 Å². The summed E-state index contributed by atoms with van der Waals surface area (Å²) in [7, 11) is 3.50. The number of amides is 1. The van der Waals surface area contributed by atoms with Crippen LogP contribution in [0, 0.1) is 0 Å². The zero-order valence-corrected chi connectivity index (χ0v) is 14.7. The van der Waals surface area contributed by atoms with Crippen LogP contribution in [0.1, 0.15) is 5.56 Å². The van der Waals surface area contributed by atoms with E-state index in [1.807, 2.05) is 54.6 Å². The third kappa shape index (κ3) is 4.80. The summed E-state index contributed by atoms with van der Waals surface area (Å²) in [6.45, 7) is 0. The van der Waals surface area contributed by atoms with Crippen molar-refractivity contribution in [3.05, 3.63) is 72.4 Å². The summed E-state index contributed by atoms with van der Waals surface area (Å²) in [6.07, 6.45) is 2.02. The Morgan fingerprint density at radius 2 is 1.77 bits per heavy atom. The lowest BCUT2D eigenvalue weighted by molar-refractivity contribution is -0.127. The maximum atomic E-state index is 11.8. The monoisotopic (exact) mass is 348 g/mol. The Labute approximate surface area is 152 Å². The molecule has 0 radical (unpaired) electrons. The van der Waals surface area contributed by atoms with E-state index in [0.29, 0.717) is 24.0 Å². The minimum atomic E-state index is 0.0693. The van der Waals surface area contributed by atoms with Gasteiger partial charge in [-0.3, -0.25) is 4.79 Å². The average molecular weight is 348 g/mol. The molecule has 0 bridgehead atoms. The first kappa shape index (κ1) is 17.4. The summed E-state index contributed by atoms with van der Waals surface area (Å²) in [5.41, 5.74) is 1.79. The van der Waals surface area contributed by atoms with E-state index in [1.54, 1.807) is 31.3 Å². The van der Waals surface area contributed by atoms with Gasteiger partial charge < -0.3 is 15.0 Å². The molecule has 0 atom stereocenters. The Balaban J connectivity index is 1.65. The van der Waals surface area contributed by atoms with E-state index in [-0.39, 0.29) is 5.91 Å². The van der Waals surface area contributed by atoms with Gasteiger partial charge in [-0.2, -0.15) is 4.98 Å². The highest BCUT2D eigenvalue weighted by Crippen LogP contribution is 2.21. The first-order chi connectivity index (χ1) is 12.6. The van der Waals surface area contributed by atoms with Crippen molar-refractivity contribution in [3.8, 4) is 11.6 Å². The molecule has 0 fully saturated rings. The van der Waals surface area contributed by atoms with Crippen molar-refractivity contribution >= 4 is 17.5 Å². The number of carbonyl (C=O) groups excluding carboxylic acids is 1. The number of likely N-dealkylation sites (N-methyl/N-ethyl adjacent to an activating group) is 1. The zero-order chi connectivity index (χ0) is 18.4. The van der Waals surface area contributed by atoms with Crippen LogP contribution in [0.25, 0.3) is 0 Å². The molecule has 132 valence electrons. The summed E-state index contributed by atoms with van der Waals surface area (Å²) in [4.78, 5) is 21.9. The van der Waals surface area contributed by atoms with E-state index in [2.05, 4.69) is 15.3 Å². The fraction of sp³-hybridized carbons (Fsp3) is 0.150. The van der Waals surface area contributed by atoms with Gasteiger partial charge in [0.25, 0.3) is 0 Å². The van der Waals surface area contributed by atoms with Gasteiger partial charge >= 0.3 is 0 Å². The zero-order valence-electron chi connectivity index (χ0n) is 14.7. The van der Waals surface area contributed by atoms with Crippen LogP contribution in [0.2, 0.25) is 0 Å². The first-order valence-corrected chi connectivity index (χ1v) is 8.22. The lowest BCUT2D eigenvalue weighted by atomic mass is 10.1. The third-order valence-corrected chi connectivity index (χ3v) is 3.66. The van der Waals surface area contributed by atoms with E-state index in [4.69, 9.17) is 4.74 Å². The Morgan fingerprint density at radius 1 is 1.04 bits per heavy atom. The number of carbonyl (C=O) groups is 1. The minimum absolute atomic E-state index is 0.0693. The number of para-hydroxylation sites is 1. The quantitative estimate of drug-likeness (QED) is 0.736. The van der Waals surface area contributed by atoms with Crippen molar-refractivity contribution in [1.82, 2.24) is 14.9 Å². The molecular weight excluding hydrogens is 328 g/mol. The molecule has 6 nitrogen and oxygen atoms in total. The minimum Gasteiger partial charge on any atom is -0.439 e. The summed E-state index contributed by atoms with van der Waals surface area (Å²) in [5.74, 6) is 1.68. The van der Waals surface area contributed by atoms with Gasteiger partial charge in [0.1, 0.15) is 5.75 Å². The van der Waals surface area contributed by atoms with Gasteiger partial charge in [0.15, 0.2) is 0 Å². The van der Waals surface area contributed by atoms with Crippen LogP contribution in [-0.2, 0) is 11.2 Å². The molecule has 0 unspecified atom stereocenters. The molecule has 3 rings (SSSR count). The van der Waals surface area contributed by atoms with Gasteiger partial charge in [-0.15, -0.1) is 0 Å². The lowest BCUT2D eigenvalue weighted by Gasteiger charge is -2.11. The second-order valence-corrected chi connectivity index (χ2v) is 5.92. The highest BCUT2D eigenvalue weighted by molar-refractivity contribution is 5.78. The topological polar surface area (TPSA) is 67.4 Å². The second-order valence-electron chi connectivity index (χ2n) is 5.92. The van der Waals surface area contributed by atoms with E-state index in [9.17, 15) is 4.79 Å². The molecule has 0 spiro atoms. The number of nitrogens with zero attached hydrogens (tertiary/aromatic N) is 3. The Kier molecular flexibility index (Phi) is 5.43. The van der Waals surface area contributed by atoms with Gasteiger partial charge in [0, 0.05) is 32.0 Å². The Bertz CT molecular complexity index is 864. The summed E-state index contributed by atoms with van der Waals surface area (Å²) in [5, 5.41) is 3.14. The van der Waals surface area contributed by atoms with E-state index >= 15 is 0 Å². The van der Waals surface area contributed by atoms with Gasteiger partial charge in [0.2, 0.25) is 17.7 Å². The number of rotatable bonds is 6. The number of ether oxygens (including phenoxy) is 1. The summed E-state index contributed by atoms with van der Waals surface area (Å²) in [6, 6.07) is 18.8. The third-order valence-electron chi connectivity index (χ3n) is 3.66. The number of hydrogen-bond acceptors (Lipinski definition) is 5. The highest BCUT2D eigenvalue weighted by Gasteiger charge is 2.06. The molecule has 2 aromatic carbocycles. The first-order valence-electron chi connectivity index (χ1n) is 8.22. The van der Waals surface area contributed by atoms with Crippen molar-refractivity contribution < 1.29 is 9.53 Å². The van der Waals surface area contributed by atoms with Crippen LogP contribution < -0.4 is 10.1 Å². The number of nitrogens with one attached hydrogen (secondary N) is 1. The maximum absolute atomic E-state index is 11.8. The number of aromatic nitrogens is 2. The molecule has 6 heteroatoms. The molecule has 0 aliphatic heterocycles. The summed E-state index contributed by atoms with van der Waals surface area (Å²) < 4.78 is 5.71. The van der Waals surface area contributed by atoms with E-state index in [0.717, 1.165) is 11.3 Å². The molecule has 1 heterocycles. The van der Waals surface area contributed by atoms with Gasteiger partial charge in [-0.05, 0) is 29.8 Å². The molecule has 0 saturated carbocycles. The molecule has 1 aromatic heterocycles. The van der Waals surface area contributed by atoms with Crippen molar-refractivity contribution in [2.75, 3.05) is 19.4 Å². The molecule has 3 aromatic rings. The van der Waals surface area contributed by atoms with Crippen LogP contribution in [0.3, 0.4) is 0 Å². The molecule has 1 N–H and O–H groups in total. The van der Waals surface area contributed by atoms with Gasteiger partial charge in [-0.1, -0.05) is 30.3 Å². The molecule has 0 aliphatic carbocycles. The molecule has 0 saturated heterocycles. The van der Waals surface area contributed by atoms with Crippen LogP contribution >= 0.6 is 0 Å². The lowest BCUT2D eigenvalue weighted by Crippen LogP contribution is -2.23. The molecule has 26 heavy (non-hydrogen) atoms. The number of benzene rings is 2. The summed E-state index contributed by atoms with van der Waals surface area (Å²) >= 11 is 0. The largest absolute Gasteiger partial charge is 0.439 e. The standard InChI is InChI=1S/C20H20N4O2/c1-24(2)19(25)14-15-8-10-16(11-9-15)22-20-21-13-12-18(23-20)26-17-6-4-3-5-7-17/h3-13H,14H2,1-2H3,(H,21,22,23). The van der Waals surface area contributed by atoms with E-state index in [1.165, 1.54) is 0 Å². The van der Waals surface area contributed by atoms with Crippen molar-refractivity contribution in [1.29, 1.82) is 0 Å². The second kappa shape index (κ2) is 8.11. The SMILES string of the molecule is CN(C)C(=O)Cc1ccc(Nc2nccc(Oc3ccccc3)n2)cc1. The molecule has 0 aliphatic rings. The fourth-order valence-electron chi connectivity index (χ4n) is 2.24. The predicted molar refractivity (Wildman–Crippen MR) is 101 cm³/mol. The number of anilines is 2. The van der Waals surface area contributed by atoms with Crippen molar-refractivity contribution in [3.63, 3.8) is 0 Å². The average Bonchev–Trinajstić information content (AvgIpc) is 2.64. The Hall–Kier alpha value is -3.41. The predicted octanol–water partition coefficient (Wildman–Crippen LogP) is 3.64. The van der Waals surface area contributed by atoms with Crippen LogP contribution in [-0.4, -0.2) is 34.9 Å². The number of hydrogen-bond donors (Lipinski definition) is 1. The highest BCUT2D eigenvalue weighted by atomic mass is 16.5. The van der Waals surface area contributed by atoms with Crippen LogP contribution in [0.15, 0.2) is 66.9 Å². The maximum Gasteiger partial charge on any atom is 0.230 e. The Morgan fingerprint density at radius 3 is 2.46 bits per heavy atom. The van der Waals surface area contributed by atoms with Crippen LogP contribution in [0.4, 0.5) is 11.6 Å². The fourth-order valence-corrected chi connectivity index (χ4v) is 2.24. The van der Waals surface area contributed by atoms with Crippen molar-refractivity contribution in [2.45, 2.75) is 6.42 Å². The van der Waals surface area contributed by atoms with Gasteiger partial charge in [-0.25, -0.2) is 4.98 Å². The van der Waals surface area contributed by atoms with Gasteiger partial charge in [0.05, 0.1) is 6.42 Å². The smallest absolute Gasteiger partial charge is 0.230 e. The molecular formula is C20H20N4O2.